The molecule has 0 aliphatic carbocycles. The number of fused-ring (bicyclic) bond motifs is 1. The number of thiophene rings is 1. The first-order valence-corrected chi connectivity index (χ1v) is 9.22. The second-order valence-corrected chi connectivity index (χ2v) is 8.28. The fraction of sp³-hybridized carbons (Fsp3) is 0.562. The highest BCUT2D eigenvalue weighted by Crippen LogP contribution is 2.35. The van der Waals surface area contributed by atoms with Gasteiger partial charge in [0.1, 0.15) is 15.7 Å². The fourth-order valence-electron chi connectivity index (χ4n) is 2.05. The molecule has 22 heavy (non-hydrogen) atoms. The largest absolute Gasteiger partial charge is 0.351 e. The zero-order valence-electron chi connectivity index (χ0n) is 14.0. The lowest BCUT2D eigenvalue weighted by Crippen LogP contribution is -2.43. The number of carbonyl (C=O) groups is 1. The number of rotatable bonds is 5. The number of nitrogens with one attached hydrogen (secondary N) is 1. The van der Waals surface area contributed by atoms with Crippen LogP contribution in [0.15, 0.2) is 5.03 Å². The third-order valence-electron chi connectivity index (χ3n) is 3.81. The molecule has 6 heteroatoms. The van der Waals surface area contributed by atoms with E-state index in [1.807, 2.05) is 20.8 Å². The van der Waals surface area contributed by atoms with E-state index < -0.39 is 0 Å². The molecule has 0 aliphatic heterocycles. The summed E-state index contributed by atoms with van der Waals surface area (Å²) in [5.41, 5.74) is 1.06. The Kier molecular flexibility index (Phi) is 5.12. The highest BCUT2D eigenvalue weighted by Gasteiger charge is 2.19. The summed E-state index contributed by atoms with van der Waals surface area (Å²) in [5.74, 6) is 1.18. The molecule has 2 aromatic rings. The van der Waals surface area contributed by atoms with Crippen LogP contribution in [0.4, 0.5) is 0 Å². The summed E-state index contributed by atoms with van der Waals surface area (Å²) >= 11 is 3.18. The van der Waals surface area contributed by atoms with Crippen LogP contribution in [0.25, 0.3) is 10.2 Å². The summed E-state index contributed by atoms with van der Waals surface area (Å²) in [6.45, 7) is 12.2. The Morgan fingerprint density at radius 2 is 1.95 bits per heavy atom. The van der Waals surface area contributed by atoms with Crippen LogP contribution < -0.4 is 5.32 Å². The van der Waals surface area contributed by atoms with Gasteiger partial charge in [0.25, 0.3) is 0 Å². The third-order valence-corrected chi connectivity index (χ3v) is 5.89. The van der Waals surface area contributed by atoms with E-state index >= 15 is 0 Å². The maximum absolute atomic E-state index is 12.1. The van der Waals surface area contributed by atoms with Gasteiger partial charge in [0.05, 0.1) is 5.75 Å². The maximum Gasteiger partial charge on any atom is 0.230 e. The van der Waals surface area contributed by atoms with Crippen molar-refractivity contribution in [2.75, 3.05) is 5.75 Å². The highest BCUT2D eigenvalue weighted by atomic mass is 32.2. The van der Waals surface area contributed by atoms with E-state index in [1.165, 1.54) is 22.2 Å². The Morgan fingerprint density at radius 1 is 1.27 bits per heavy atom. The van der Waals surface area contributed by atoms with Crippen LogP contribution in [0.5, 0.6) is 0 Å². The van der Waals surface area contributed by atoms with E-state index in [0.717, 1.165) is 27.5 Å². The first-order chi connectivity index (χ1) is 10.2. The molecule has 2 rings (SSSR count). The minimum Gasteiger partial charge on any atom is -0.351 e. The molecule has 0 saturated heterocycles. The molecule has 0 spiro atoms. The Bertz CT molecular complexity index is 707. The molecule has 120 valence electrons. The lowest BCUT2D eigenvalue weighted by atomic mass is 10.0. The van der Waals surface area contributed by atoms with Crippen LogP contribution in [0.1, 0.15) is 43.5 Å². The van der Waals surface area contributed by atoms with Crippen LogP contribution >= 0.6 is 23.1 Å². The van der Waals surface area contributed by atoms with Crippen molar-refractivity contribution in [1.82, 2.24) is 15.3 Å². The molecule has 4 nitrogen and oxygen atoms in total. The predicted octanol–water partition coefficient (Wildman–Crippen LogP) is 4.01. The SMILES string of the molecule is CCC(C)(C)NC(=O)CSc1nc(C)nc2sc(C)c(C)c12. The van der Waals surface area contributed by atoms with E-state index in [9.17, 15) is 4.79 Å². The minimum atomic E-state index is -0.163. The predicted molar refractivity (Wildman–Crippen MR) is 94.9 cm³/mol. The molecule has 0 atom stereocenters. The van der Waals surface area contributed by atoms with E-state index in [-0.39, 0.29) is 11.4 Å². The molecule has 0 radical (unpaired) electrons. The van der Waals surface area contributed by atoms with Crippen molar-refractivity contribution >= 4 is 39.2 Å². The Morgan fingerprint density at radius 3 is 2.59 bits per heavy atom. The van der Waals surface area contributed by atoms with Crippen molar-refractivity contribution in [2.45, 2.75) is 58.5 Å². The van der Waals surface area contributed by atoms with Gasteiger partial charge >= 0.3 is 0 Å². The van der Waals surface area contributed by atoms with Gasteiger partial charge in [0, 0.05) is 15.8 Å². The van der Waals surface area contributed by atoms with Crippen LogP contribution in [-0.2, 0) is 4.79 Å². The zero-order valence-corrected chi connectivity index (χ0v) is 15.7. The third kappa shape index (κ3) is 3.79. The maximum atomic E-state index is 12.1. The molecule has 0 bridgehead atoms. The lowest BCUT2D eigenvalue weighted by molar-refractivity contribution is -0.120. The summed E-state index contributed by atoms with van der Waals surface area (Å²) in [4.78, 5) is 23.5. The first-order valence-electron chi connectivity index (χ1n) is 7.41. The van der Waals surface area contributed by atoms with Crippen molar-refractivity contribution in [2.24, 2.45) is 0 Å². The van der Waals surface area contributed by atoms with Gasteiger partial charge in [-0.25, -0.2) is 9.97 Å². The van der Waals surface area contributed by atoms with E-state index in [0.29, 0.717) is 5.75 Å². The Labute approximate surface area is 140 Å². The molecule has 0 unspecified atom stereocenters. The summed E-state index contributed by atoms with van der Waals surface area (Å²) in [6.07, 6.45) is 0.906. The quantitative estimate of drug-likeness (QED) is 0.661. The minimum absolute atomic E-state index is 0.0471. The molecular formula is C16H23N3OS2. The fourth-order valence-corrected chi connectivity index (χ4v) is 4.12. The second kappa shape index (κ2) is 6.54. The average Bonchev–Trinajstić information content (AvgIpc) is 2.70. The summed E-state index contributed by atoms with van der Waals surface area (Å²) < 4.78 is 0. The number of carbonyl (C=O) groups excluding carboxylic acids is 1. The number of aryl methyl sites for hydroxylation is 3. The summed E-state index contributed by atoms with van der Waals surface area (Å²) in [6, 6.07) is 0. The number of thioether (sulfide) groups is 1. The number of hydrogen-bond acceptors (Lipinski definition) is 5. The Hall–Kier alpha value is -1.14. The van der Waals surface area contributed by atoms with Gasteiger partial charge in [-0.1, -0.05) is 18.7 Å². The summed E-state index contributed by atoms with van der Waals surface area (Å²) in [7, 11) is 0. The summed E-state index contributed by atoms with van der Waals surface area (Å²) in [5, 5.41) is 5.07. The monoisotopic (exact) mass is 337 g/mol. The van der Waals surface area contributed by atoms with Crippen molar-refractivity contribution < 1.29 is 4.79 Å². The van der Waals surface area contributed by atoms with Crippen LogP contribution in [-0.4, -0.2) is 27.2 Å². The second-order valence-electron chi connectivity index (χ2n) is 6.11. The lowest BCUT2D eigenvalue weighted by Gasteiger charge is -2.24. The molecule has 1 N–H and O–H groups in total. The molecule has 0 fully saturated rings. The Balaban J connectivity index is 2.20. The molecular weight excluding hydrogens is 314 g/mol. The smallest absolute Gasteiger partial charge is 0.230 e. The van der Waals surface area contributed by atoms with Gasteiger partial charge < -0.3 is 5.32 Å². The normalized spacial score (nSPS) is 11.9. The zero-order chi connectivity index (χ0) is 16.5. The number of hydrogen-bond donors (Lipinski definition) is 1. The van der Waals surface area contributed by atoms with Gasteiger partial charge in [0.15, 0.2) is 0 Å². The van der Waals surface area contributed by atoms with E-state index in [1.54, 1.807) is 11.3 Å². The van der Waals surface area contributed by atoms with Crippen molar-refractivity contribution in [1.29, 1.82) is 0 Å². The number of aromatic nitrogens is 2. The standard InChI is InChI=1S/C16H23N3OS2/c1-7-16(5,6)19-12(20)8-21-14-13-9(2)10(3)22-15(13)18-11(4)17-14/h7-8H2,1-6H3,(H,19,20). The molecule has 1 amide bonds. The van der Waals surface area contributed by atoms with Crippen LogP contribution in [0, 0.1) is 20.8 Å². The topological polar surface area (TPSA) is 54.9 Å². The molecule has 0 aromatic carbocycles. The van der Waals surface area contributed by atoms with Crippen molar-refractivity contribution in [3.05, 3.63) is 16.3 Å². The van der Waals surface area contributed by atoms with Crippen LogP contribution in [0.3, 0.4) is 0 Å². The van der Waals surface area contributed by atoms with Crippen molar-refractivity contribution in [3.63, 3.8) is 0 Å². The molecule has 2 aromatic heterocycles. The molecule has 0 saturated carbocycles. The van der Waals surface area contributed by atoms with Gasteiger partial charge in [0.2, 0.25) is 5.91 Å². The van der Waals surface area contributed by atoms with Gasteiger partial charge in [-0.15, -0.1) is 11.3 Å². The van der Waals surface area contributed by atoms with Gasteiger partial charge in [-0.05, 0) is 46.6 Å². The van der Waals surface area contributed by atoms with E-state index in [2.05, 4.69) is 36.1 Å². The average molecular weight is 338 g/mol. The first kappa shape index (κ1) is 17.2. The van der Waals surface area contributed by atoms with Gasteiger partial charge in [-0.3, -0.25) is 4.79 Å². The number of nitrogens with zero attached hydrogens (tertiary/aromatic N) is 2. The van der Waals surface area contributed by atoms with Gasteiger partial charge in [-0.2, -0.15) is 0 Å². The molecule has 0 aliphatic rings. The van der Waals surface area contributed by atoms with E-state index in [4.69, 9.17) is 0 Å². The van der Waals surface area contributed by atoms with Crippen LogP contribution in [0.2, 0.25) is 0 Å². The van der Waals surface area contributed by atoms with Crippen molar-refractivity contribution in [3.8, 4) is 0 Å². The number of amides is 1. The highest BCUT2D eigenvalue weighted by molar-refractivity contribution is 8.00. The molecule has 2 heterocycles.